The van der Waals surface area contributed by atoms with E-state index in [1.165, 1.54) is 17.7 Å². The quantitative estimate of drug-likeness (QED) is 0.938. The number of hydrogen-bond acceptors (Lipinski definition) is 4. The van der Waals surface area contributed by atoms with Crippen LogP contribution in [-0.4, -0.2) is 23.1 Å². The summed E-state index contributed by atoms with van der Waals surface area (Å²) in [6, 6.07) is 2.10. The molecule has 3 rings (SSSR count). The van der Waals surface area contributed by atoms with Gasteiger partial charge >= 0.3 is 0 Å². The number of hydrogen-bond donors (Lipinski definition) is 1. The Bertz CT molecular complexity index is 578. The van der Waals surface area contributed by atoms with Crippen LogP contribution in [0, 0.1) is 12.8 Å². The largest absolute Gasteiger partial charge is 0.317 e. The van der Waals surface area contributed by atoms with Gasteiger partial charge in [0.05, 0.1) is 0 Å². The Morgan fingerprint density at radius 3 is 3.05 bits per heavy atom. The van der Waals surface area contributed by atoms with Crippen molar-refractivity contribution in [1.82, 2.24) is 15.3 Å². The highest BCUT2D eigenvalue weighted by Crippen LogP contribution is 2.28. The van der Waals surface area contributed by atoms with Crippen molar-refractivity contribution in [3.05, 3.63) is 33.8 Å². The van der Waals surface area contributed by atoms with Gasteiger partial charge in [0.2, 0.25) is 0 Å². The molecule has 2 heterocycles. The van der Waals surface area contributed by atoms with Gasteiger partial charge in [-0.05, 0) is 62.2 Å². The zero-order chi connectivity index (χ0) is 13.9. The van der Waals surface area contributed by atoms with Crippen LogP contribution in [0.15, 0.2) is 16.8 Å². The van der Waals surface area contributed by atoms with Crippen LogP contribution in [0.5, 0.6) is 0 Å². The molecule has 3 nitrogen and oxygen atoms in total. The molecule has 4 heteroatoms. The van der Waals surface area contributed by atoms with E-state index in [-0.39, 0.29) is 0 Å². The molecule has 20 heavy (non-hydrogen) atoms. The molecule has 0 bridgehead atoms. The molecule has 1 unspecified atom stereocenters. The van der Waals surface area contributed by atoms with Crippen LogP contribution in [0.4, 0.5) is 0 Å². The molecular weight excluding hydrogens is 266 g/mol. The van der Waals surface area contributed by atoms with Crippen LogP contribution in [0.25, 0.3) is 11.4 Å². The third-order valence-corrected chi connectivity index (χ3v) is 4.73. The van der Waals surface area contributed by atoms with E-state index in [4.69, 9.17) is 9.97 Å². The third kappa shape index (κ3) is 2.76. The summed E-state index contributed by atoms with van der Waals surface area (Å²) < 4.78 is 0. The first-order valence-corrected chi connectivity index (χ1v) is 8.32. The Kier molecular flexibility index (Phi) is 4.13. The number of aryl methyl sites for hydroxylation is 2. The van der Waals surface area contributed by atoms with Crippen LogP contribution in [0.3, 0.4) is 0 Å². The molecule has 0 saturated carbocycles. The topological polar surface area (TPSA) is 37.8 Å². The highest BCUT2D eigenvalue weighted by Gasteiger charge is 2.22. The number of nitrogens with one attached hydrogen (secondary N) is 1. The first-order valence-electron chi connectivity index (χ1n) is 7.37. The number of thiophene rings is 1. The number of fused-ring (bicyclic) bond motifs is 1. The van der Waals surface area contributed by atoms with Crippen molar-refractivity contribution in [2.75, 3.05) is 13.1 Å². The maximum atomic E-state index is 4.81. The van der Waals surface area contributed by atoms with Gasteiger partial charge in [-0.15, -0.1) is 0 Å². The molecule has 0 radical (unpaired) electrons. The van der Waals surface area contributed by atoms with E-state index in [2.05, 4.69) is 36.0 Å². The zero-order valence-corrected chi connectivity index (χ0v) is 13.0. The first kappa shape index (κ1) is 13.7. The molecule has 1 aliphatic carbocycles. The van der Waals surface area contributed by atoms with Gasteiger partial charge in [0.25, 0.3) is 0 Å². The minimum Gasteiger partial charge on any atom is -0.317 e. The number of nitrogens with zero attached hydrogens (tertiary/aromatic N) is 2. The van der Waals surface area contributed by atoms with Crippen LogP contribution in [-0.2, 0) is 12.8 Å². The second-order valence-corrected chi connectivity index (χ2v) is 6.27. The van der Waals surface area contributed by atoms with Gasteiger partial charge < -0.3 is 5.32 Å². The molecule has 1 atom stereocenters. The predicted octanol–water partition coefficient (Wildman–Crippen LogP) is 3.23. The summed E-state index contributed by atoms with van der Waals surface area (Å²) in [5.74, 6) is 1.63. The van der Waals surface area contributed by atoms with Gasteiger partial charge in [-0.3, -0.25) is 0 Å². The lowest BCUT2D eigenvalue weighted by Crippen LogP contribution is -2.28. The normalized spacial score (nSPS) is 18.0. The molecule has 0 amide bonds. The van der Waals surface area contributed by atoms with Crippen molar-refractivity contribution >= 4 is 11.3 Å². The Morgan fingerprint density at radius 2 is 2.30 bits per heavy atom. The lowest BCUT2D eigenvalue weighted by Gasteiger charge is -2.25. The van der Waals surface area contributed by atoms with Gasteiger partial charge in [-0.1, -0.05) is 6.92 Å². The van der Waals surface area contributed by atoms with Crippen LogP contribution < -0.4 is 5.32 Å². The standard InChI is InChI=1S/C16H21N3S/c1-3-17-9-12-4-5-15-14(8-12)11(2)18-16(19-15)13-6-7-20-10-13/h6-7,10,12,17H,3-5,8-9H2,1-2H3. The Labute approximate surface area is 124 Å². The van der Waals surface area contributed by atoms with Crippen molar-refractivity contribution in [3.8, 4) is 11.4 Å². The Hall–Kier alpha value is -1.26. The summed E-state index contributed by atoms with van der Waals surface area (Å²) in [7, 11) is 0. The molecule has 0 fully saturated rings. The highest BCUT2D eigenvalue weighted by atomic mass is 32.1. The monoisotopic (exact) mass is 287 g/mol. The van der Waals surface area contributed by atoms with E-state index in [0.29, 0.717) is 0 Å². The van der Waals surface area contributed by atoms with Gasteiger partial charge in [-0.25, -0.2) is 9.97 Å². The maximum absolute atomic E-state index is 4.81. The SMILES string of the molecule is CCNCC1CCc2nc(-c3ccsc3)nc(C)c2C1. The lowest BCUT2D eigenvalue weighted by atomic mass is 9.85. The first-order chi connectivity index (χ1) is 9.78. The minimum absolute atomic E-state index is 0.733. The predicted molar refractivity (Wildman–Crippen MR) is 84.1 cm³/mol. The van der Waals surface area contributed by atoms with Crippen molar-refractivity contribution in [3.63, 3.8) is 0 Å². The minimum atomic E-state index is 0.733. The molecule has 2 aromatic heterocycles. The maximum Gasteiger partial charge on any atom is 0.160 e. The molecule has 1 aliphatic rings. The third-order valence-electron chi connectivity index (χ3n) is 4.04. The summed E-state index contributed by atoms with van der Waals surface area (Å²) in [4.78, 5) is 9.53. The summed E-state index contributed by atoms with van der Waals surface area (Å²) in [5.41, 5.74) is 4.97. The second kappa shape index (κ2) is 6.02. The van der Waals surface area contributed by atoms with Crippen LogP contribution in [0.2, 0.25) is 0 Å². The fourth-order valence-electron chi connectivity index (χ4n) is 2.90. The van der Waals surface area contributed by atoms with Gasteiger partial charge in [0.15, 0.2) is 5.82 Å². The number of rotatable bonds is 4. The molecular formula is C16H21N3S. The van der Waals surface area contributed by atoms with Gasteiger partial charge in [0.1, 0.15) is 0 Å². The van der Waals surface area contributed by atoms with Crippen molar-refractivity contribution in [2.45, 2.75) is 33.1 Å². The molecule has 2 aromatic rings. The van der Waals surface area contributed by atoms with E-state index in [1.54, 1.807) is 11.3 Å². The highest BCUT2D eigenvalue weighted by molar-refractivity contribution is 7.08. The summed E-state index contributed by atoms with van der Waals surface area (Å²) in [5, 5.41) is 7.67. The van der Waals surface area contributed by atoms with Crippen LogP contribution in [0.1, 0.15) is 30.3 Å². The average molecular weight is 287 g/mol. The van der Waals surface area contributed by atoms with E-state index in [0.717, 1.165) is 48.9 Å². The molecule has 0 saturated heterocycles. The Morgan fingerprint density at radius 1 is 1.40 bits per heavy atom. The van der Waals surface area contributed by atoms with Crippen molar-refractivity contribution in [1.29, 1.82) is 0 Å². The zero-order valence-electron chi connectivity index (χ0n) is 12.1. The molecule has 0 spiro atoms. The lowest BCUT2D eigenvalue weighted by molar-refractivity contribution is 0.423. The molecule has 0 aromatic carbocycles. The van der Waals surface area contributed by atoms with E-state index >= 15 is 0 Å². The molecule has 106 valence electrons. The fraction of sp³-hybridized carbons (Fsp3) is 0.500. The smallest absolute Gasteiger partial charge is 0.160 e. The molecule has 1 N–H and O–H groups in total. The summed E-state index contributed by atoms with van der Waals surface area (Å²) >= 11 is 1.70. The van der Waals surface area contributed by atoms with Gasteiger partial charge in [-0.2, -0.15) is 11.3 Å². The summed E-state index contributed by atoms with van der Waals surface area (Å²) in [6.45, 7) is 6.46. The van der Waals surface area contributed by atoms with Gasteiger partial charge in [0, 0.05) is 22.3 Å². The van der Waals surface area contributed by atoms with Crippen molar-refractivity contribution < 1.29 is 0 Å². The van der Waals surface area contributed by atoms with E-state index in [9.17, 15) is 0 Å². The fourth-order valence-corrected chi connectivity index (χ4v) is 3.54. The number of aromatic nitrogens is 2. The van der Waals surface area contributed by atoms with E-state index < -0.39 is 0 Å². The molecule has 0 aliphatic heterocycles. The second-order valence-electron chi connectivity index (χ2n) is 5.49. The Balaban J connectivity index is 1.85. The van der Waals surface area contributed by atoms with E-state index in [1.807, 2.05) is 0 Å². The van der Waals surface area contributed by atoms with Crippen molar-refractivity contribution in [2.24, 2.45) is 5.92 Å². The van der Waals surface area contributed by atoms with Crippen LogP contribution >= 0.6 is 11.3 Å². The average Bonchev–Trinajstić information content (AvgIpc) is 2.99. The summed E-state index contributed by atoms with van der Waals surface area (Å²) in [6.07, 6.45) is 3.45.